The topological polar surface area (TPSA) is 108 Å². The highest BCUT2D eigenvalue weighted by atomic mass is 127. The maximum atomic E-state index is 14.2. The summed E-state index contributed by atoms with van der Waals surface area (Å²) in [7, 11) is 1.69. The Morgan fingerprint density at radius 2 is 1.59 bits per heavy atom. The van der Waals surface area contributed by atoms with Crippen molar-refractivity contribution in [2.45, 2.75) is 79.2 Å². The number of ketones is 2. The number of nitrogens with zero attached hydrogens (tertiary/aromatic N) is 2. The first kappa shape index (κ1) is 34.1. The van der Waals surface area contributed by atoms with Crippen LogP contribution in [0.1, 0.15) is 83.8 Å². The lowest BCUT2D eigenvalue weighted by molar-refractivity contribution is -0.384. The fourth-order valence-corrected chi connectivity index (χ4v) is 7.87. The van der Waals surface area contributed by atoms with Crippen LogP contribution in [-0.2, 0) is 20.9 Å². The van der Waals surface area contributed by atoms with Crippen LogP contribution >= 0.6 is 22.6 Å². The van der Waals surface area contributed by atoms with Crippen molar-refractivity contribution in [3.63, 3.8) is 0 Å². The van der Waals surface area contributed by atoms with E-state index in [1.54, 1.807) is 19.2 Å². The predicted octanol–water partition coefficient (Wildman–Crippen LogP) is 7.90. The quantitative estimate of drug-likeness (QED) is 0.0991. The van der Waals surface area contributed by atoms with Crippen molar-refractivity contribution in [1.29, 1.82) is 0 Å². The SMILES string of the molecule is CCOc1cc(C2C3=C(CC(C)(C)CC3=O)N(CCCOC)C3=C2C(=O)CC(C)(C)C3)cc(I)c1OCc1cccc([N+](=O)[O-])c1. The van der Waals surface area contributed by atoms with Gasteiger partial charge in [-0.25, -0.2) is 0 Å². The van der Waals surface area contributed by atoms with E-state index in [1.165, 1.54) is 12.1 Å². The first-order chi connectivity index (χ1) is 21.7. The highest BCUT2D eigenvalue weighted by Gasteiger charge is 2.49. The molecule has 1 aliphatic heterocycles. The standard InChI is InChI=1S/C36H43IN2O7/c1-7-45-30-16-23(15-25(37)34(30)46-21-22-10-8-11-24(14-22)39(42)43)31-32-26(17-35(2,3)19-28(32)40)38(12-9-13-44-6)27-18-36(4,5)20-29(41)33(27)31/h8,10-11,14-16,31H,7,9,12-13,17-21H2,1-6H3. The number of carbonyl (C=O) groups is 2. The van der Waals surface area contributed by atoms with Crippen LogP contribution in [-0.4, -0.2) is 48.3 Å². The molecule has 10 heteroatoms. The number of ether oxygens (including phenoxy) is 3. The first-order valence-corrected chi connectivity index (χ1v) is 16.9. The number of methoxy groups -OCH3 is 1. The zero-order valence-corrected chi connectivity index (χ0v) is 29.7. The molecule has 246 valence electrons. The molecule has 0 saturated heterocycles. The number of nitro benzene ring substituents is 1. The second-order valence-corrected chi connectivity index (χ2v) is 15.2. The lowest BCUT2D eigenvalue weighted by Crippen LogP contribution is -2.44. The molecule has 5 rings (SSSR count). The summed E-state index contributed by atoms with van der Waals surface area (Å²) < 4.78 is 18.5. The molecule has 3 aliphatic rings. The number of benzene rings is 2. The van der Waals surface area contributed by atoms with Crippen molar-refractivity contribution in [3.05, 3.63) is 83.7 Å². The third-order valence-corrected chi connectivity index (χ3v) is 9.72. The average Bonchev–Trinajstić information content (AvgIpc) is 2.96. The molecule has 0 fully saturated rings. The summed E-state index contributed by atoms with van der Waals surface area (Å²) in [5.41, 5.74) is 4.54. The molecule has 0 bridgehead atoms. The second-order valence-electron chi connectivity index (χ2n) is 14.0. The van der Waals surface area contributed by atoms with Gasteiger partial charge in [0, 0.05) is 73.7 Å². The minimum Gasteiger partial charge on any atom is -0.490 e. The van der Waals surface area contributed by atoms with E-state index in [9.17, 15) is 19.7 Å². The Kier molecular flexibility index (Phi) is 9.98. The third-order valence-electron chi connectivity index (χ3n) is 8.92. The molecular weight excluding hydrogens is 699 g/mol. The van der Waals surface area contributed by atoms with Crippen LogP contribution in [0, 0.1) is 24.5 Å². The van der Waals surface area contributed by atoms with E-state index in [1.807, 2.05) is 19.1 Å². The molecule has 0 saturated carbocycles. The van der Waals surface area contributed by atoms with Gasteiger partial charge in [0.2, 0.25) is 0 Å². The molecular formula is C36H43IN2O7. The number of hydrogen-bond donors (Lipinski definition) is 0. The van der Waals surface area contributed by atoms with Crippen molar-refractivity contribution >= 4 is 39.8 Å². The predicted molar refractivity (Wildman–Crippen MR) is 184 cm³/mol. The zero-order valence-electron chi connectivity index (χ0n) is 27.5. The van der Waals surface area contributed by atoms with Gasteiger partial charge < -0.3 is 19.1 Å². The van der Waals surface area contributed by atoms with E-state index < -0.39 is 10.8 Å². The Balaban J connectivity index is 1.64. The van der Waals surface area contributed by atoms with Crippen LogP contribution in [0.15, 0.2) is 58.9 Å². The Labute approximate surface area is 284 Å². The van der Waals surface area contributed by atoms with Gasteiger partial charge in [0.05, 0.1) is 15.1 Å². The fraction of sp³-hybridized carbons (Fsp3) is 0.500. The lowest BCUT2D eigenvalue weighted by atomic mass is 9.63. The van der Waals surface area contributed by atoms with Crippen LogP contribution in [0.2, 0.25) is 0 Å². The molecule has 2 aromatic carbocycles. The van der Waals surface area contributed by atoms with Gasteiger partial charge in [-0.05, 0) is 82.9 Å². The number of rotatable bonds is 11. The summed E-state index contributed by atoms with van der Waals surface area (Å²) in [6.07, 6.45) is 3.08. The van der Waals surface area contributed by atoms with Crippen LogP contribution in [0.25, 0.3) is 0 Å². The monoisotopic (exact) mass is 742 g/mol. The minimum absolute atomic E-state index is 0.00134. The Morgan fingerprint density at radius 1 is 0.957 bits per heavy atom. The van der Waals surface area contributed by atoms with Gasteiger partial charge in [0.15, 0.2) is 23.1 Å². The van der Waals surface area contributed by atoms with E-state index in [4.69, 9.17) is 14.2 Å². The third kappa shape index (κ3) is 7.02. The minimum atomic E-state index is -0.505. The molecule has 0 N–H and O–H groups in total. The number of carbonyl (C=O) groups excluding carboxylic acids is 2. The Morgan fingerprint density at radius 3 is 2.15 bits per heavy atom. The number of nitro groups is 1. The number of halogens is 1. The molecule has 46 heavy (non-hydrogen) atoms. The molecule has 0 aromatic heterocycles. The highest BCUT2D eigenvalue weighted by molar-refractivity contribution is 14.1. The van der Waals surface area contributed by atoms with Gasteiger partial charge in [-0.1, -0.05) is 39.8 Å². The summed E-state index contributed by atoms with van der Waals surface area (Å²) in [6.45, 7) is 12.2. The summed E-state index contributed by atoms with van der Waals surface area (Å²) in [5.74, 6) is 0.681. The van der Waals surface area contributed by atoms with Crippen LogP contribution in [0.5, 0.6) is 11.5 Å². The Bertz CT molecular complexity index is 1570. The van der Waals surface area contributed by atoms with E-state index in [0.717, 1.165) is 39.8 Å². The molecule has 2 aliphatic carbocycles. The van der Waals surface area contributed by atoms with Crippen molar-refractivity contribution in [2.24, 2.45) is 10.8 Å². The molecule has 9 nitrogen and oxygen atoms in total. The lowest BCUT2D eigenvalue weighted by Gasteiger charge is -2.49. The Hall–Kier alpha value is -3.25. The summed E-state index contributed by atoms with van der Waals surface area (Å²) in [6, 6.07) is 10.3. The maximum Gasteiger partial charge on any atom is 0.269 e. The van der Waals surface area contributed by atoms with Gasteiger partial charge >= 0.3 is 0 Å². The van der Waals surface area contributed by atoms with E-state index >= 15 is 0 Å². The van der Waals surface area contributed by atoms with Crippen molar-refractivity contribution in [1.82, 2.24) is 4.90 Å². The van der Waals surface area contributed by atoms with Crippen LogP contribution in [0.4, 0.5) is 5.69 Å². The highest BCUT2D eigenvalue weighted by Crippen LogP contribution is 2.55. The smallest absolute Gasteiger partial charge is 0.269 e. The second kappa shape index (κ2) is 13.5. The number of non-ortho nitro benzene ring substituents is 1. The van der Waals surface area contributed by atoms with Crippen LogP contribution < -0.4 is 9.47 Å². The number of allylic oxidation sites excluding steroid dienone is 4. The zero-order chi connectivity index (χ0) is 33.4. The number of Topliss-reactive ketones (excluding diaryl/α,β-unsaturated/α-hetero) is 2. The van der Waals surface area contributed by atoms with Gasteiger partial charge in [0.1, 0.15) is 6.61 Å². The number of hydrogen-bond acceptors (Lipinski definition) is 8. The van der Waals surface area contributed by atoms with Crippen molar-refractivity contribution in [3.8, 4) is 11.5 Å². The van der Waals surface area contributed by atoms with E-state index in [0.29, 0.717) is 60.8 Å². The van der Waals surface area contributed by atoms with Crippen molar-refractivity contribution < 1.29 is 28.7 Å². The summed E-state index contributed by atoms with van der Waals surface area (Å²) in [4.78, 5) is 41.5. The van der Waals surface area contributed by atoms with Gasteiger partial charge in [-0.2, -0.15) is 0 Å². The summed E-state index contributed by atoms with van der Waals surface area (Å²) in [5, 5.41) is 11.3. The van der Waals surface area contributed by atoms with Crippen molar-refractivity contribution in [2.75, 3.05) is 26.9 Å². The molecule has 2 aromatic rings. The molecule has 0 unspecified atom stereocenters. The largest absolute Gasteiger partial charge is 0.490 e. The van der Waals surface area contributed by atoms with Crippen LogP contribution in [0.3, 0.4) is 0 Å². The first-order valence-electron chi connectivity index (χ1n) is 15.9. The molecule has 0 spiro atoms. The summed E-state index contributed by atoms with van der Waals surface area (Å²) >= 11 is 2.21. The molecule has 0 radical (unpaired) electrons. The van der Waals surface area contributed by atoms with Gasteiger partial charge in [-0.3, -0.25) is 19.7 Å². The normalized spacial score (nSPS) is 19.2. The average molecular weight is 743 g/mol. The fourth-order valence-electron chi connectivity index (χ4n) is 7.09. The van der Waals surface area contributed by atoms with E-state index in [-0.39, 0.29) is 34.7 Å². The molecule has 0 atom stereocenters. The maximum absolute atomic E-state index is 14.2. The van der Waals surface area contributed by atoms with Gasteiger partial charge in [-0.15, -0.1) is 0 Å². The molecule has 1 heterocycles. The van der Waals surface area contributed by atoms with Gasteiger partial charge in [0.25, 0.3) is 5.69 Å². The van der Waals surface area contributed by atoms with E-state index in [2.05, 4.69) is 55.2 Å². The molecule has 0 amide bonds.